The second kappa shape index (κ2) is 5.94. The molecule has 1 unspecified atom stereocenters. The normalized spacial score (nSPS) is 20.6. The lowest BCUT2D eigenvalue weighted by molar-refractivity contribution is 0.255. The minimum atomic E-state index is 0.542. The van der Waals surface area contributed by atoms with Crippen LogP contribution in [0.1, 0.15) is 35.6 Å². The molecule has 17 heavy (non-hydrogen) atoms. The summed E-state index contributed by atoms with van der Waals surface area (Å²) >= 11 is 1.91. The van der Waals surface area contributed by atoms with Gasteiger partial charge in [-0.1, -0.05) is 0 Å². The average molecular weight is 253 g/mol. The quantitative estimate of drug-likeness (QED) is 0.891. The zero-order chi connectivity index (χ0) is 12.3. The molecule has 3 nitrogen and oxygen atoms in total. The van der Waals surface area contributed by atoms with E-state index in [-0.39, 0.29) is 0 Å². The van der Waals surface area contributed by atoms with E-state index in [1.165, 1.54) is 35.8 Å². The lowest BCUT2D eigenvalue weighted by atomic mass is 9.98. The van der Waals surface area contributed by atoms with Crippen LogP contribution in [0.4, 0.5) is 0 Å². The summed E-state index contributed by atoms with van der Waals surface area (Å²) in [6.07, 6.45) is 5.71. The van der Waals surface area contributed by atoms with Crippen molar-refractivity contribution >= 4 is 11.3 Å². The van der Waals surface area contributed by atoms with Gasteiger partial charge in [0.25, 0.3) is 0 Å². The molecule has 1 aliphatic heterocycles. The van der Waals surface area contributed by atoms with Gasteiger partial charge >= 0.3 is 0 Å². The van der Waals surface area contributed by atoms with E-state index in [1.54, 1.807) is 0 Å². The van der Waals surface area contributed by atoms with Crippen molar-refractivity contribution in [3.63, 3.8) is 0 Å². The van der Waals surface area contributed by atoms with E-state index in [1.807, 2.05) is 18.4 Å². The first-order valence-corrected chi connectivity index (χ1v) is 7.31. The largest absolute Gasteiger partial charge is 0.317 e. The maximum Gasteiger partial charge on any atom is 0.0959 e. The van der Waals surface area contributed by atoms with Crippen molar-refractivity contribution in [3.05, 3.63) is 16.1 Å². The van der Waals surface area contributed by atoms with Crippen LogP contribution in [0.2, 0.25) is 0 Å². The zero-order valence-corrected chi connectivity index (χ0v) is 11.9. The van der Waals surface area contributed by atoms with Gasteiger partial charge in [-0.3, -0.25) is 0 Å². The Morgan fingerprint density at radius 1 is 1.53 bits per heavy atom. The summed E-state index contributed by atoms with van der Waals surface area (Å²) in [5, 5.41) is 4.64. The summed E-state index contributed by atoms with van der Waals surface area (Å²) in [5.41, 5.74) is 0. The van der Waals surface area contributed by atoms with Crippen LogP contribution in [0.15, 0.2) is 6.20 Å². The second-order valence-electron chi connectivity index (χ2n) is 5.14. The van der Waals surface area contributed by atoms with Crippen molar-refractivity contribution in [1.82, 2.24) is 15.2 Å². The number of piperidine rings is 1. The van der Waals surface area contributed by atoms with Gasteiger partial charge in [0, 0.05) is 23.0 Å². The summed E-state index contributed by atoms with van der Waals surface area (Å²) in [6.45, 7) is 4.65. The van der Waals surface area contributed by atoms with E-state index in [0.29, 0.717) is 12.0 Å². The number of likely N-dealkylation sites (N-methyl/N-ethyl adjacent to an activating group) is 1. The first-order valence-electron chi connectivity index (χ1n) is 6.49. The highest BCUT2D eigenvalue weighted by atomic mass is 32.1. The summed E-state index contributed by atoms with van der Waals surface area (Å²) in [7, 11) is 4.22. The summed E-state index contributed by atoms with van der Waals surface area (Å²) in [6, 6.07) is 0.542. The van der Waals surface area contributed by atoms with Gasteiger partial charge in [0.2, 0.25) is 0 Å². The molecular formula is C13H23N3S. The van der Waals surface area contributed by atoms with E-state index in [0.717, 1.165) is 6.42 Å². The highest BCUT2D eigenvalue weighted by molar-refractivity contribution is 7.11. The van der Waals surface area contributed by atoms with Gasteiger partial charge in [-0.05, 0) is 53.4 Å². The number of hydrogen-bond acceptors (Lipinski definition) is 4. The van der Waals surface area contributed by atoms with Crippen molar-refractivity contribution in [2.75, 3.05) is 27.2 Å². The predicted molar refractivity (Wildman–Crippen MR) is 73.8 cm³/mol. The molecule has 96 valence electrons. The standard InChI is InChI=1S/C13H23N3S/c1-10(14-2)8-12-9-15-13(17-12)11-4-6-16(3)7-5-11/h9-11,14H,4-8H2,1-3H3. The van der Waals surface area contributed by atoms with Crippen LogP contribution in [0.3, 0.4) is 0 Å². The number of likely N-dealkylation sites (tertiary alicyclic amines) is 1. The third-order valence-corrected chi connectivity index (χ3v) is 4.82. The van der Waals surface area contributed by atoms with Crippen molar-refractivity contribution in [2.24, 2.45) is 0 Å². The highest BCUT2D eigenvalue weighted by Gasteiger charge is 2.21. The second-order valence-corrected chi connectivity index (χ2v) is 6.28. The molecule has 1 aliphatic rings. The Balaban J connectivity index is 1.93. The van der Waals surface area contributed by atoms with E-state index < -0.39 is 0 Å². The van der Waals surface area contributed by atoms with Gasteiger partial charge in [0.05, 0.1) is 5.01 Å². The Hall–Kier alpha value is -0.450. The van der Waals surface area contributed by atoms with Gasteiger partial charge in [0.1, 0.15) is 0 Å². The molecule has 0 radical (unpaired) electrons. The molecule has 1 aromatic rings. The zero-order valence-electron chi connectivity index (χ0n) is 11.1. The van der Waals surface area contributed by atoms with Gasteiger partial charge in [0.15, 0.2) is 0 Å². The van der Waals surface area contributed by atoms with E-state index in [9.17, 15) is 0 Å². The van der Waals surface area contributed by atoms with Crippen molar-refractivity contribution in [2.45, 2.75) is 38.1 Å². The highest BCUT2D eigenvalue weighted by Crippen LogP contribution is 2.30. The predicted octanol–water partition coefficient (Wildman–Crippen LogP) is 2.10. The third kappa shape index (κ3) is 3.50. The molecule has 0 amide bonds. The molecule has 1 N–H and O–H groups in total. The maximum atomic E-state index is 4.62. The summed E-state index contributed by atoms with van der Waals surface area (Å²) in [5.74, 6) is 0.704. The Bertz CT molecular complexity index is 342. The topological polar surface area (TPSA) is 28.2 Å². The molecule has 2 rings (SSSR count). The lowest BCUT2D eigenvalue weighted by Gasteiger charge is -2.27. The van der Waals surface area contributed by atoms with Crippen LogP contribution in [0.5, 0.6) is 0 Å². The molecule has 0 saturated carbocycles. The van der Waals surface area contributed by atoms with Gasteiger partial charge in [-0.15, -0.1) is 11.3 Å². The first-order chi connectivity index (χ1) is 8.19. The molecule has 1 atom stereocenters. The van der Waals surface area contributed by atoms with Crippen LogP contribution in [0, 0.1) is 0 Å². The smallest absolute Gasteiger partial charge is 0.0959 e. The lowest BCUT2D eigenvalue weighted by Crippen LogP contribution is -2.29. The molecule has 0 spiro atoms. The van der Waals surface area contributed by atoms with E-state index >= 15 is 0 Å². The minimum Gasteiger partial charge on any atom is -0.317 e. The fourth-order valence-corrected chi connectivity index (χ4v) is 3.48. The van der Waals surface area contributed by atoms with Crippen LogP contribution in [0.25, 0.3) is 0 Å². The molecule has 1 fully saturated rings. The van der Waals surface area contributed by atoms with Gasteiger partial charge in [-0.25, -0.2) is 4.98 Å². The monoisotopic (exact) mass is 253 g/mol. The number of rotatable bonds is 4. The summed E-state index contributed by atoms with van der Waals surface area (Å²) in [4.78, 5) is 8.45. The molecule has 1 saturated heterocycles. The van der Waals surface area contributed by atoms with Gasteiger partial charge in [-0.2, -0.15) is 0 Å². The fraction of sp³-hybridized carbons (Fsp3) is 0.769. The Labute approximate surface area is 108 Å². The van der Waals surface area contributed by atoms with Crippen LogP contribution < -0.4 is 5.32 Å². The number of thiazole rings is 1. The third-order valence-electron chi connectivity index (χ3n) is 3.64. The van der Waals surface area contributed by atoms with Crippen molar-refractivity contribution < 1.29 is 0 Å². The summed E-state index contributed by atoms with van der Waals surface area (Å²) < 4.78 is 0. The molecule has 0 bridgehead atoms. The molecule has 2 heterocycles. The number of nitrogens with one attached hydrogen (secondary N) is 1. The minimum absolute atomic E-state index is 0.542. The van der Waals surface area contributed by atoms with Crippen LogP contribution in [-0.4, -0.2) is 43.1 Å². The van der Waals surface area contributed by atoms with Crippen LogP contribution >= 0.6 is 11.3 Å². The molecular weight excluding hydrogens is 230 g/mol. The fourth-order valence-electron chi connectivity index (χ4n) is 2.27. The Morgan fingerprint density at radius 2 is 2.24 bits per heavy atom. The van der Waals surface area contributed by atoms with E-state index in [4.69, 9.17) is 0 Å². The van der Waals surface area contributed by atoms with Crippen LogP contribution in [-0.2, 0) is 6.42 Å². The number of nitrogens with zero attached hydrogens (tertiary/aromatic N) is 2. The average Bonchev–Trinajstić information content (AvgIpc) is 2.78. The number of aromatic nitrogens is 1. The number of hydrogen-bond donors (Lipinski definition) is 1. The van der Waals surface area contributed by atoms with Crippen molar-refractivity contribution in [1.29, 1.82) is 0 Å². The van der Waals surface area contributed by atoms with E-state index in [2.05, 4.69) is 35.4 Å². The van der Waals surface area contributed by atoms with Crippen molar-refractivity contribution in [3.8, 4) is 0 Å². The van der Waals surface area contributed by atoms with Gasteiger partial charge < -0.3 is 10.2 Å². The first kappa shape index (κ1) is 13.0. The molecule has 0 aromatic carbocycles. The molecule has 4 heteroatoms. The molecule has 0 aliphatic carbocycles. The Morgan fingerprint density at radius 3 is 2.88 bits per heavy atom. The Kier molecular flexibility index (Phi) is 4.54. The maximum absolute atomic E-state index is 4.62. The molecule has 1 aromatic heterocycles. The SMILES string of the molecule is CNC(C)Cc1cnc(C2CCN(C)CC2)s1.